The van der Waals surface area contributed by atoms with Crippen LogP contribution in [-0.4, -0.2) is 63.6 Å². The third-order valence-electron chi connectivity index (χ3n) is 4.87. The summed E-state index contributed by atoms with van der Waals surface area (Å²) in [5.41, 5.74) is 0.191. The Morgan fingerprint density at radius 3 is 2.23 bits per heavy atom. The smallest absolute Gasteiger partial charge is 0.338 e. The highest BCUT2D eigenvalue weighted by Crippen LogP contribution is 2.29. The Bertz CT molecular complexity index is 1200. The minimum Gasteiger partial charge on any atom is -0.460 e. The van der Waals surface area contributed by atoms with Crippen molar-refractivity contribution in [2.75, 3.05) is 26.2 Å². The molecular formula is C20H22N2O7S2. The maximum Gasteiger partial charge on any atom is 0.338 e. The summed E-state index contributed by atoms with van der Waals surface area (Å²) in [6.07, 6.45) is 0. The van der Waals surface area contributed by atoms with E-state index in [-0.39, 0.29) is 34.1 Å². The van der Waals surface area contributed by atoms with Gasteiger partial charge in [-0.2, -0.15) is 4.31 Å². The zero-order valence-electron chi connectivity index (χ0n) is 17.0. The van der Waals surface area contributed by atoms with Gasteiger partial charge >= 0.3 is 5.97 Å². The first-order valence-corrected chi connectivity index (χ1v) is 12.5. The molecule has 0 saturated carbocycles. The normalized spacial score (nSPS) is 15.2. The highest BCUT2D eigenvalue weighted by atomic mass is 32.2. The fraction of sp³-hybridized carbons (Fsp3) is 0.300. The van der Waals surface area contributed by atoms with Crippen molar-refractivity contribution in [2.45, 2.75) is 23.6 Å². The van der Waals surface area contributed by atoms with Crippen LogP contribution in [0.3, 0.4) is 0 Å². The Labute approximate surface area is 181 Å². The molecule has 1 heterocycles. The molecule has 0 saturated heterocycles. The molecule has 166 valence electrons. The largest absolute Gasteiger partial charge is 0.460 e. The number of benzene rings is 2. The standard InChI is InChI=1S/C20H22N2O7S2/c1-3-21(4-2)30(25,26)16-11-9-15(10-12-16)20(24)29-14-13-22-19(23)17-7-5-6-8-18(17)31(22,27)28/h5-12H,3-4,13-14H2,1-2H3. The number of hydrogen-bond acceptors (Lipinski definition) is 7. The number of esters is 1. The van der Waals surface area contributed by atoms with Crippen LogP contribution in [-0.2, 0) is 24.8 Å². The number of carbonyl (C=O) groups is 2. The number of sulfonamides is 2. The zero-order chi connectivity index (χ0) is 22.8. The maximum atomic E-state index is 12.5. The summed E-state index contributed by atoms with van der Waals surface area (Å²) >= 11 is 0. The first kappa shape index (κ1) is 22.9. The summed E-state index contributed by atoms with van der Waals surface area (Å²) in [5.74, 6) is -1.43. The van der Waals surface area contributed by atoms with Gasteiger partial charge in [0.05, 0.1) is 22.6 Å². The second kappa shape index (κ2) is 8.77. The second-order valence-electron chi connectivity index (χ2n) is 6.63. The van der Waals surface area contributed by atoms with Gasteiger partial charge in [-0.15, -0.1) is 0 Å². The number of ether oxygens (including phenoxy) is 1. The van der Waals surface area contributed by atoms with Crippen LogP contribution in [0.15, 0.2) is 58.3 Å². The van der Waals surface area contributed by atoms with Crippen molar-refractivity contribution in [1.82, 2.24) is 8.61 Å². The molecule has 0 atom stereocenters. The van der Waals surface area contributed by atoms with Crippen LogP contribution >= 0.6 is 0 Å². The summed E-state index contributed by atoms with van der Waals surface area (Å²) in [4.78, 5) is 24.6. The van der Waals surface area contributed by atoms with Gasteiger partial charge in [0, 0.05) is 13.1 Å². The van der Waals surface area contributed by atoms with Gasteiger partial charge in [0.25, 0.3) is 15.9 Å². The fourth-order valence-corrected chi connectivity index (χ4v) is 6.24. The first-order chi connectivity index (χ1) is 14.6. The van der Waals surface area contributed by atoms with Crippen molar-refractivity contribution in [2.24, 2.45) is 0 Å². The van der Waals surface area contributed by atoms with Crippen LogP contribution in [0.25, 0.3) is 0 Å². The third kappa shape index (κ3) is 4.21. The van der Waals surface area contributed by atoms with Crippen molar-refractivity contribution < 1.29 is 31.2 Å². The van der Waals surface area contributed by atoms with E-state index in [1.54, 1.807) is 19.9 Å². The molecule has 1 aliphatic heterocycles. The van der Waals surface area contributed by atoms with Gasteiger partial charge in [0.2, 0.25) is 10.0 Å². The van der Waals surface area contributed by atoms with E-state index in [2.05, 4.69) is 0 Å². The topological polar surface area (TPSA) is 118 Å². The predicted molar refractivity (Wildman–Crippen MR) is 111 cm³/mol. The highest BCUT2D eigenvalue weighted by molar-refractivity contribution is 7.90. The van der Waals surface area contributed by atoms with Crippen molar-refractivity contribution in [3.63, 3.8) is 0 Å². The molecule has 0 unspecified atom stereocenters. The van der Waals surface area contributed by atoms with Crippen molar-refractivity contribution in [3.05, 3.63) is 59.7 Å². The summed E-state index contributed by atoms with van der Waals surface area (Å²) < 4.78 is 57.0. The van der Waals surface area contributed by atoms with Gasteiger partial charge < -0.3 is 4.74 Å². The van der Waals surface area contributed by atoms with Gasteiger partial charge in [-0.3, -0.25) is 4.79 Å². The zero-order valence-corrected chi connectivity index (χ0v) is 18.6. The van der Waals surface area contributed by atoms with E-state index in [0.29, 0.717) is 17.4 Å². The predicted octanol–water partition coefficient (Wildman–Crippen LogP) is 1.72. The number of fused-ring (bicyclic) bond motifs is 1. The van der Waals surface area contributed by atoms with Crippen molar-refractivity contribution >= 4 is 31.9 Å². The van der Waals surface area contributed by atoms with Crippen LogP contribution in [0.2, 0.25) is 0 Å². The average Bonchev–Trinajstić information content (AvgIpc) is 2.95. The molecule has 0 spiro atoms. The lowest BCUT2D eigenvalue weighted by molar-refractivity contribution is 0.0477. The first-order valence-electron chi connectivity index (χ1n) is 9.58. The van der Waals surface area contributed by atoms with Crippen LogP contribution < -0.4 is 0 Å². The van der Waals surface area contributed by atoms with E-state index in [1.807, 2.05) is 0 Å². The summed E-state index contributed by atoms with van der Waals surface area (Å²) in [7, 11) is -7.62. The lowest BCUT2D eigenvalue weighted by atomic mass is 10.2. The lowest BCUT2D eigenvalue weighted by Gasteiger charge is -2.18. The Morgan fingerprint density at radius 2 is 1.65 bits per heavy atom. The van der Waals surface area contributed by atoms with E-state index in [9.17, 15) is 26.4 Å². The number of carbonyl (C=O) groups excluding carboxylic acids is 2. The molecule has 0 N–H and O–H groups in total. The van der Waals surface area contributed by atoms with Crippen LogP contribution in [0.4, 0.5) is 0 Å². The van der Waals surface area contributed by atoms with E-state index in [4.69, 9.17) is 4.74 Å². The fourth-order valence-electron chi connectivity index (χ4n) is 3.23. The summed E-state index contributed by atoms with van der Waals surface area (Å²) in [5, 5.41) is 0. The van der Waals surface area contributed by atoms with Crippen LogP contribution in [0.5, 0.6) is 0 Å². The van der Waals surface area contributed by atoms with Gasteiger partial charge in [0.15, 0.2) is 0 Å². The minimum atomic E-state index is -3.97. The molecule has 1 amide bonds. The molecular weight excluding hydrogens is 444 g/mol. The number of rotatable bonds is 8. The van der Waals surface area contributed by atoms with E-state index in [1.165, 1.54) is 46.8 Å². The molecule has 9 nitrogen and oxygen atoms in total. The quantitative estimate of drug-likeness (QED) is 0.544. The monoisotopic (exact) mass is 466 g/mol. The molecule has 0 bridgehead atoms. The average molecular weight is 467 g/mol. The molecule has 0 aromatic heterocycles. The molecule has 3 rings (SSSR count). The minimum absolute atomic E-state index is 0.0549. The molecule has 31 heavy (non-hydrogen) atoms. The molecule has 0 aliphatic carbocycles. The molecule has 1 aliphatic rings. The number of hydrogen-bond donors (Lipinski definition) is 0. The van der Waals surface area contributed by atoms with E-state index in [0.717, 1.165) is 0 Å². The van der Waals surface area contributed by atoms with Gasteiger partial charge in [-0.25, -0.2) is 25.9 Å². The lowest BCUT2D eigenvalue weighted by Crippen LogP contribution is -2.33. The SMILES string of the molecule is CCN(CC)S(=O)(=O)c1ccc(C(=O)OCCN2C(=O)c3ccccc3S2(=O)=O)cc1. The Balaban J connectivity index is 1.64. The third-order valence-corrected chi connectivity index (χ3v) is 8.78. The number of amides is 1. The molecule has 0 radical (unpaired) electrons. The van der Waals surface area contributed by atoms with Gasteiger partial charge in [-0.1, -0.05) is 26.0 Å². The molecule has 2 aromatic rings. The van der Waals surface area contributed by atoms with Crippen molar-refractivity contribution in [3.8, 4) is 0 Å². The summed E-state index contributed by atoms with van der Waals surface area (Å²) in [6.45, 7) is 3.45. The Morgan fingerprint density at radius 1 is 1.03 bits per heavy atom. The van der Waals surface area contributed by atoms with E-state index < -0.39 is 31.9 Å². The van der Waals surface area contributed by atoms with Gasteiger partial charge in [-0.05, 0) is 36.4 Å². The summed E-state index contributed by atoms with van der Waals surface area (Å²) in [6, 6.07) is 11.2. The van der Waals surface area contributed by atoms with E-state index >= 15 is 0 Å². The highest BCUT2D eigenvalue weighted by Gasteiger charge is 2.40. The van der Waals surface area contributed by atoms with Crippen LogP contribution in [0.1, 0.15) is 34.6 Å². The van der Waals surface area contributed by atoms with Gasteiger partial charge in [0.1, 0.15) is 11.5 Å². The Kier molecular flexibility index (Phi) is 6.48. The molecule has 11 heteroatoms. The Hall–Kier alpha value is -2.76. The maximum absolute atomic E-state index is 12.5. The van der Waals surface area contributed by atoms with Crippen LogP contribution in [0, 0.1) is 0 Å². The second-order valence-corrected chi connectivity index (χ2v) is 10.4. The molecule has 2 aromatic carbocycles. The molecule has 0 fully saturated rings. The van der Waals surface area contributed by atoms with Crippen molar-refractivity contribution in [1.29, 1.82) is 0 Å². The number of nitrogens with zero attached hydrogens (tertiary/aromatic N) is 2.